The fourth-order valence-electron chi connectivity index (χ4n) is 2.46. The van der Waals surface area contributed by atoms with Crippen LogP contribution in [0.1, 0.15) is 21.5 Å². The molecule has 0 radical (unpaired) electrons. The summed E-state index contributed by atoms with van der Waals surface area (Å²) >= 11 is 0. The van der Waals surface area contributed by atoms with Crippen LogP contribution >= 0.6 is 0 Å². The Hall–Kier alpha value is -4.06. The Labute approximate surface area is 167 Å². The van der Waals surface area contributed by atoms with Gasteiger partial charge in [0.2, 0.25) is 0 Å². The van der Waals surface area contributed by atoms with Crippen LogP contribution in [-0.2, 0) is 4.79 Å². The minimum atomic E-state index is -0.634. The molecule has 0 saturated heterocycles. The zero-order valence-electron chi connectivity index (χ0n) is 15.4. The van der Waals surface area contributed by atoms with Gasteiger partial charge in [0.25, 0.3) is 11.8 Å². The number of rotatable bonds is 6. The first-order valence-corrected chi connectivity index (χ1v) is 8.84. The fraction of sp³-hybridized carbons (Fsp3) is 0. The van der Waals surface area contributed by atoms with E-state index in [2.05, 4.69) is 15.8 Å². The molecular weight excluding hydrogens is 369 g/mol. The van der Waals surface area contributed by atoms with Crippen LogP contribution in [0.4, 0.5) is 4.39 Å². The molecule has 0 fully saturated rings. The Balaban J connectivity index is 1.79. The van der Waals surface area contributed by atoms with Crippen molar-refractivity contribution in [1.82, 2.24) is 10.7 Å². The molecule has 144 valence electrons. The van der Waals surface area contributed by atoms with Crippen molar-refractivity contribution < 1.29 is 14.0 Å². The van der Waals surface area contributed by atoms with Gasteiger partial charge in [-0.25, -0.2) is 9.82 Å². The van der Waals surface area contributed by atoms with Gasteiger partial charge in [-0.05, 0) is 29.8 Å². The van der Waals surface area contributed by atoms with Crippen LogP contribution in [0.3, 0.4) is 0 Å². The number of nitrogens with zero attached hydrogens (tertiary/aromatic N) is 1. The van der Waals surface area contributed by atoms with Gasteiger partial charge in [-0.3, -0.25) is 9.59 Å². The van der Waals surface area contributed by atoms with Gasteiger partial charge >= 0.3 is 0 Å². The highest BCUT2D eigenvalue weighted by Gasteiger charge is 2.14. The van der Waals surface area contributed by atoms with Gasteiger partial charge < -0.3 is 5.32 Å². The van der Waals surface area contributed by atoms with Crippen molar-refractivity contribution in [3.63, 3.8) is 0 Å². The Bertz CT molecular complexity index is 1050. The van der Waals surface area contributed by atoms with Crippen LogP contribution in [0.5, 0.6) is 0 Å². The second kappa shape index (κ2) is 9.75. The molecule has 0 aromatic heterocycles. The predicted octanol–water partition coefficient (Wildman–Crippen LogP) is 3.75. The Kier molecular flexibility index (Phi) is 6.62. The number of hydrogen-bond donors (Lipinski definition) is 2. The summed E-state index contributed by atoms with van der Waals surface area (Å²) in [6.45, 7) is 0. The second-order valence-electron chi connectivity index (χ2n) is 6.01. The van der Waals surface area contributed by atoms with Crippen molar-refractivity contribution in [2.24, 2.45) is 5.10 Å². The van der Waals surface area contributed by atoms with Gasteiger partial charge in [0.1, 0.15) is 11.5 Å². The van der Waals surface area contributed by atoms with Gasteiger partial charge in [-0.1, -0.05) is 66.7 Å². The van der Waals surface area contributed by atoms with Crippen LogP contribution in [-0.4, -0.2) is 18.0 Å². The monoisotopic (exact) mass is 387 g/mol. The molecule has 2 N–H and O–H groups in total. The summed E-state index contributed by atoms with van der Waals surface area (Å²) < 4.78 is 13.6. The Morgan fingerprint density at radius 3 is 2.14 bits per heavy atom. The number of hydrogen-bond acceptors (Lipinski definition) is 3. The number of benzene rings is 3. The first kappa shape index (κ1) is 19.7. The van der Waals surface area contributed by atoms with Crippen molar-refractivity contribution in [3.8, 4) is 0 Å². The second-order valence-corrected chi connectivity index (χ2v) is 6.01. The van der Waals surface area contributed by atoms with E-state index in [0.29, 0.717) is 5.56 Å². The highest BCUT2D eigenvalue weighted by Crippen LogP contribution is 2.07. The minimum Gasteiger partial charge on any atom is -0.317 e. The standard InChI is InChI=1S/C23H18FN3O2/c24-20-14-8-7-13-19(20)16-25-27-23(29)21(15-17-9-3-1-4-10-17)26-22(28)18-11-5-2-6-12-18/h1-16H,(H,26,28)(H,27,29). The molecule has 5 nitrogen and oxygen atoms in total. The Morgan fingerprint density at radius 1 is 0.828 bits per heavy atom. The number of nitrogens with one attached hydrogen (secondary N) is 2. The van der Waals surface area contributed by atoms with E-state index in [9.17, 15) is 14.0 Å². The minimum absolute atomic E-state index is 0.00994. The molecule has 0 bridgehead atoms. The predicted molar refractivity (Wildman–Crippen MR) is 110 cm³/mol. The molecule has 2 amide bonds. The van der Waals surface area contributed by atoms with Gasteiger partial charge in [0, 0.05) is 11.1 Å². The zero-order valence-corrected chi connectivity index (χ0v) is 15.4. The third-order valence-electron chi connectivity index (χ3n) is 3.91. The van der Waals surface area contributed by atoms with Crippen LogP contribution in [0.25, 0.3) is 6.08 Å². The molecule has 29 heavy (non-hydrogen) atoms. The molecule has 0 unspecified atom stereocenters. The third kappa shape index (κ3) is 5.71. The van der Waals surface area contributed by atoms with Crippen molar-refractivity contribution >= 4 is 24.1 Å². The molecular formula is C23H18FN3O2. The van der Waals surface area contributed by atoms with Gasteiger partial charge in [0.05, 0.1) is 6.21 Å². The van der Waals surface area contributed by atoms with Crippen LogP contribution < -0.4 is 10.7 Å². The molecule has 0 aliphatic rings. The molecule has 0 spiro atoms. The summed E-state index contributed by atoms with van der Waals surface area (Å²) in [7, 11) is 0. The molecule has 0 heterocycles. The molecule has 0 aliphatic carbocycles. The molecule has 3 aromatic carbocycles. The molecule has 0 aliphatic heterocycles. The zero-order chi connectivity index (χ0) is 20.5. The average molecular weight is 387 g/mol. The van der Waals surface area contributed by atoms with Crippen molar-refractivity contribution in [2.45, 2.75) is 0 Å². The maximum Gasteiger partial charge on any atom is 0.287 e. The van der Waals surface area contributed by atoms with Gasteiger partial charge in [-0.15, -0.1) is 0 Å². The quantitative estimate of drug-likeness (QED) is 0.384. The third-order valence-corrected chi connectivity index (χ3v) is 3.91. The summed E-state index contributed by atoms with van der Waals surface area (Å²) in [4.78, 5) is 25.1. The number of halogens is 1. The number of hydrazone groups is 1. The largest absolute Gasteiger partial charge is 0.317 e. The first-order valence-electron chi connectivity index (χ1n) is 8.84. The van der Waals surface area contributed by atoms with E-state index in [-0.39, 0.29) is 11.3 Å². The van der Waals surface area contributed by atoms with Crippen molar-refractivity contribution in [3.05, 3.63) is 113 Å². The SMILES string of the molecule is O=C(NN=Cc1ccccc1F)C(=Cc1ccccc1)NC(=O)c1ccccc1. The van der Waals surface area contributed by atoms with Gasteiger partial charge in [-0.2, -0.15) is 5.10 Å². The van der Waals surface area contributed by atoms with E-state index >= 15 is 0 Å². The molecule has 3 aromatic rings. The highest BCUT2D eigenvalue weighted by molar-refractivity contribution is 6.05. The van der Waals surface area contributed by atoms with E-state index in [1.54, 1.807) is 54.6 Å². The van der Waals surface area contributed by atoms with Crippen molar-refractivity contribution in [2.75, 3.05) is 0 Å². The first-order chi connectivity index (χ1) is 14.1. The summed E-state index contributed by atoms with van der Waals surface area (Å²) in [6.07, 6.45) is 2.74. The average Bonchev–Trinajstić information content (AvgIpc) is 2.76. The number of carbonyl (C=O) groups excluding carboxylic acids is 2. The van der Waals surface area contributed by atoms with Crippen molar-refractivity contribution in [1.29, 1.82) is 0 Å². The molecule has 6 heteroatoms. The molecule has 0 atom stereocenters. The van der Waals surface area contributed by atoms with Gasteiger partial charge in [0.15, 0.2) is 0 Å². The van der Waals surface area contributed by atoms with Crippen LogP contribution in [0.15, 0.2) is 95.7 Å². The lowest BCUT2D eigenvalue weighted by atomic mass is 10.1. The lowest BCUT2D eigenvalue weighted by molar-refractivity contribution is -0.117. The lowest BCUT2D eigenvalue weighted by Crippen LogP contribution is -2.32. The summed E-state index contributed by atoms with van der Waals surface area (Å²) in [5, 5.41) is 6.39. The van der Waals surface area contributed by atoms with E-state index in [1.807, 2.05) is 18.2 Å². The van der Waals surface area contributed by atoms with E-state index < -0.39 is 17.6 Å². The highest BCUT2D eigenvalue weighted by atomic mass is 19.1. The fourth-order valence-corrected chi connectivity index (χ4v) is 2.46. The van der Waals surface area contributed by atoms with E-state index in [0.717, 1.165) is 5.56 Å². The lowest BCUT2D eigenvalue weighted by Gasteiger charge is -2.09. The number of amides is 2. The normalized spacial score (nSPS) is 11.3. The van der Waals surface area contributed by atoms with Crippen LogP contribution in [0.2, 0.25) is 0 Å². The Morgan fingerprint density at radius 2 is 1.45 bits per heavy atom. The maximum atomic E-state index is 13.6. The number of carbonyl (C=O) groups is 2. The van der Waals surface area contributed by atoms with E-state index in [1.165, 1.54) is 24.4 Å². The molecule has 0 saturated carbocycles. The van der Waals surface area contributed by atoms with Crippen LogP contribution in [0, 0.1) is 5.82 Å². The summed E-state index contributed by atoms with van der Waals surface area (Å²) in [6, 6.07) is 23.7. The van der Waals surface area contributed by atoms with E-state index in [4.69, 9.17) is 0 Å². The summed E-state index contributed by atoms with van der Waals surface area (Å²) in [5.41, 5.74) is 3.69. The topological polar surface area (TPSA) is 70.6 Å². The maximum absolute atomic E-state index is 13.6. The smallest absolute Gasteiger partial charge is 0.287 e. The summed E-state index contributed by atoms with van der Waals surface area (Å²) in [5.74, 6) is -1.52. The molecule has 3 rings (SSSR count).